The summed E-state index contributed by atoms with van der Waals surface area (Å²) in [6, 6.07) is 10.8. The predicted molar refractivity (Wildman–Crippen MR) is 84.9 cm³/mol. The molecule has 110 valence electrons. The molecule has 3 N–H and O–H groups in total. The molecular weight excluding hydrogens is 380 g/mol. The van der Waals surface area contributed by atoms with Gasteiger partial charge in [0.25, 0.3) is 5.91 Å². The average molecular weight is 390 g/mol. The first-order chi connectivity index (χ1) is 9.77. The van der Waals surface area contributed by atoms with Crippen molar-refractivity contribution in [3.63, 3.8) is 0 Å². The first-order valence-corrected chi connectivity index (χ1v) is 8.38. The Labute approximate surface area is 135 Å². The molecule has 0 bridgehead atoms. The number of carbonyl (C=O) groups excluding carboxylic acids is 1. The molecule has 0 aliphatic carbocycles. The Bertz CT molecular complexity index is 792. The minimum Gasteiger partial charge on any atom is -0.322 e. The summed E-state index contributed by atoms with van der Waals surface area (Å²) in [5.74, 6) is -0.459. The van der Waals surface area contributed by atoms with Crippen molar-refractivity contribution in [1.82, 2.24) is 0 Å². The maximum atomic E-state index is 12.1. The largest absolute Gasteiger partial charge is 0.322 e. The van der Waals surface area contributed by atoms with Crippen molar-refractivity contribution in [2.75, 3.05) is 5.32 Å². The highest BCUT2D eigenvalue weighted by Crippen LogP contribution is 2.22. The van der Waals surface area contributed by atoms with E-state index in [0.29, 0.717) is 5.69 Å². The smallest absolute Gasteiger partial charge is 0.255 e. The van der Waals surface area contributed by atoms with E-state index in [1.807, 2.05) is 0 Å². The molecule has 2 rings (SSSR count). The first-order valence-electron chi connectivity index (χ1n) is 5.66. The number of anilines is 1. The lowest BCUT2D eigenvalue weighted by Crippen LogP contribution is -2.16. The maximum absolute atomic E-state index is 12.1. The third kappa shape index (κ3) is 4.04. The summed E-state index contributed by atoms with van der Waals surface area (Å²) in [7, 11) is -3.99. The zero-order valence-electron chi connectivity index (χ0n) is 10.5. The van der Waals surface area contributed by atoms with Gasteiger partial charge in [-0.1, -0.05) is 27.5 Å². The van der Waals surface area contributed by atoms with E-state index in [1.165, 1.54) is 12.1 Å². The van der Waals surface area contributed by atoms with Crippen LogP contribution in [0.25, 0.3) is 0 Å². The lowest BCUT2D eigenvalue weighted by molar-refractivity contribution is 0.102. The predicted octanol–water partition coefficient (Wildman–Crippen LogP) is 3.00. The van der Waals surface area contributed by atoms with Crippen LogP contribution in [0.15, 0.2) is 51.8 Å². The normalized spacial score (nSPS) is 11.2. The molecule has 2 aromatic rings. The highest BCUT2D eigenvalue weighted by Gasteiger charge is 2.16. The van der Waals surface area contributed by atoms with E-state index in [2.05, 4.69) is 21.2 Å². The molecule has 0 spiro atoms. The summed E-state index contributed by atoms with van der Waals surface area (Å²) in [5.41, 5.74) is 0.724. The quantitative estimate of drug-likeness (QED) is 0.845. The SMILES string of the molecule is NS(=O)(=O)c1cc(C(=O)Nc2ccc(Br)cc2)ccc1Cl. The van der Waals surface area contributed by atoms with Gasteiger partial charge in [-0.25, -0.2) is 13.6 Å². The van der Waals surface area contributed by atoms with Crippen LogP contribution in [0.4, 0.5) is 5.69 Å². The van der Waals surface area contributed by atoms with Gasteiger partial charge in [0.05, 0.1) is 5.02 Å². The number of nitrogens with two attached hydrogens (primary N) is 1. The molecule has 0 aliphatic heterocycles. The van der Waals surface area contributed by atoms with E-state index >= 15 is 0 Å². The molecule has 21 heavy (non-hydrogen) atoms. The van der Waals surface area contributed by atoms with E-state index < -0.39 is 15.9 Å². The van der Waals surface area contributed by atoms with Crippen molar-refractivity contribution in [2.24, 2.45) is 5.14 Å². The van der Waals surface area contributed by atoms with E-state index in [4.69, 9.17) is 16.7 Å². The van der Waals surface area contributed by atoms with Gasteiger partial charge in [-0.2, -0.15) is 0 Å². The van der Waals surface area contributed by atoms with Crippen molar-refractivity contribution < 1.29 is 13.2 Å². The summed E-state index contributed by atoms with van der Waals surface area (Å²) >= 11 is 9.06. The molecule has 0 fully saturated rings. The number of amides is 1. The van der Waals surface area contributed by atoms with Gasteiger partial charge in [0.1, 0.15) is 4.90 Å². The summed E-state index contributed by atoms with van der Waals surface area (Å²) in [5, 5.41) is 7.66. The first kappa shape index (κ1) is 16.0. The number of rotatable bonds is 3. The molecule has 2 aromatic carbocycles. The maximum Gasteiger partial charge on any atom is 0.255 e. The van der Waals surface area contributed by atoms with Gasteiger partial charge in [-0.3, -0.25) is 4.79 Å². The Balaban J connectivity index is 2.30. The topological polar surface area (TPSA) is 89.3 Å². The second kappa shape index (κ2) is 6.15. The van der Waals surface area contributed by atoms with E-state index in [1.54, 1.807) is 24.3 Å². The standard InChI is InChI=1S/C13H10BrClN2O3S/c14-9-2-4-10(5-3-9)17-13(18)8-1-6-11(15)12(7-8)21(16,19)20/h1-7H,(H,17,18)(H2,16,19,20). The van der Waals surface area contributed by atoms with Crippen molar-refractivity contribution in [3.05, 3.63) is 57.5 Å². The van der Waals surface area contributed by atoms with Crippen LogP contribution in [-0.4, -0.2) is 14.3 Å². The molecule has 0 unspecified atom stereocenters. The van der Waals surface area contributed by atoms with Gasteiger partial charge < -0.3 is 5.32 Å². The van der Waals surface area contributed by atoms with Crippen molar-refractivity contribution >= 4 is 49.1 Å². The molecule has 8 heteroatoms. The fourth-order valence-corrected chi connectivity index (χ4v) is 2.93. The van der Waals surface area contributed by atoms with Crippen molar-refractivity contribution in [3.8, 4) is 0 Å². The highest BCUT2D eigenvalue weighted by atomic mass is 79.9. The van der Waals surface area contributed by atoms with Crippen LogP contribution in [-0.2, 0) is 10.0 Å². The Morgan fingerprint density at radius 3 is 2.33 bits per heavy atom. The van der Waals surface area contributed by atoms with Gasteiger partial charge in [-0.05, 0) is 42.5 Å². The van der Waals surface area contributed by atoms with Crippen LogP contribution in [0.3, 0.4) is 0 Å². The fraction of sp³-hybridized carbons (Fsp3) is 0. The van der Waals surface area contributed by atoms with E-state index in [0.717, 1.165) is 10.5 Å². The van der Waals surface area contributed by atoms with E-state index in [-0.39, 0.29) is 15.5 Å². The van der Waals surface area contributed by atoms with Crippen molar-refractivity contribution in [2.45, 2.75) is 4.90 Å². The second-order valence-corrected chi connectivity index (χ2v) is 7.00. The Morgan fingerprint density at radius 1 is 1.14 bits per heavy atom. The number of primary sulfonamides is 1. The van der Waals surface area contributed by atoms with Crippen LogP contribution in [0.1, 0.15) is 10.4 Å². The summed E-state index contributed by atoms with van der Waals surface area (Å²) < 4.78 is 23.6. The molecule has 0 atom stereocenters. The Morgan fingerprint density at radius 2 is 1.76 bits per heavy atom. The molecule has 0 heterocycles. The molecular formula is C13H10BrClN2O3S. The third-order valence-corrected chi connectivity index (χ3v) is 4.52. The van der Waals surface area contributed by atoms with Gasteiger partial charge >= 0.3 is 0 Å². The number of sulfonamides is 1. The number of halogens is 2. The molecule has 0 radical (unpaired) electrons. The second-order valence-electron chi connectivity index (χ2n) is 4.15. The van der Waals surface area contributed by atoms with E-state index in [9.17, 15) is 13.2 Å². The molecule has 0 saturated carbocycles. The number of hydrogen-bond acceptors (Lipinski definition) is 3. The molecule has 0 aliphatic rings. The zero-order valence-corrected chi connectivity index (χ0v) is 13.7. The number of nitrogens with one attached hydrogen (secondary N) is 1. The lowest BCUT2D eigenvalue weighted by atomic mass is 10.2. The lowest BCUT2D eigenvalue weighted by Gasteiger charge is -2.07. The minimum absolute atomic E-state index is 0.0299. The van der Waals surface area contributed by atoms with Crippen LogP contribution >= 0.6 is 27.5 Å². The molecule has 1 amide bonds. The average Bonchev–Trinajstić information content (AvgIpc) is 2.40. The molecule has 0 saturated heterocycles. The molecule has 5 nitrogen and oxygen atoms in total. The van der Waals surface area contributed by atoms with Crippen LogP contribution in [0, 0.1) is 0 Å². The summed E-state index contributed by atoms with van der Waals surface area (Å²) in [6.45, 7) is 0. The molecule has 0 aromatic heterocycles. The zero-order chi connectivity index (χ0) is 15.6. The third-order valence-electron chi connectivity index (χ3n) is 2.60. The Kier molecular flexibility index (Phi) is 4.67. The summed E-state index contributed by atoms with van der Waals surface area (Å²) in [6.07, 6.45) is 0. The van der Waals surface area contributed by atoms with Gasteiger partial charge in [0.15, 0.2) is 0 Å². The van der Waals surface area contributed by atoms with Crippen LogP contribution in [0.5, 0.6) is 0 Å². The minimum atomic E-state index is -3.99. The number of hydrogen-bond donors (Lipinski definition) is 2. The Hall–Kier alpha value is -1.41. The van der Waals surface area contributed by atoms with Gasteiger partial charge in [0, 0.05) is 15.7 Å². The monoisotopic (exact) mass is 388 g/mol. The van der Waals surface area contributed by atoms with Gasteiger partial charge in [0.2, 0.25) is 10.0 Å². The van der Waals surface area contributed by atoms with Crippen LogP contribution < -0.4 is 10.5 Å². The number of benzene rings is 2. The summed E-state index contributed by atoms with van der Waals surface area (Å²) in [4.78, 5) is 11.8. The number of carbonyl (C=O) groups is 1. The van der Waals surface area contributed by atoms with Crippen molar-refractivity contribution in [1.29, 1.82) is 0 Å². The highest BCUT2D eigenvalue weighted by molar-refractivity contribution is 9.10. The fourth-order valence-electron chi connectivity index (χ4n) is 1.60. The van der Waals surface area contributed by atoms with Gasteiger partial charge in [-0.15, -0.1) is 0 Å². The van der Waals surface area contributed by atoms with Crippen LogP contribution in [0.2, 0.25) is 5.02 Å².